The molecule has 8 bridgehead atoms. The summed E-state index contributed by atoms with van der Waals surface area (Å²) in [5, 5.41) is 14.3. The van der Waals surface area contributed by atoms with Crippen LogP contribution in [0, 0.1) is 0 Å². The fourth-order valence-electron chi connectivity index (χ4n) is 5.49. The summed E-state index contributed by atoms with van der Waals surface area (Å²) < 4.78 is 0. The molecule has 5 rings (SSSR count). The molecule has 0 saturated carbocycles. The maximum atomic E-state index is 10.6. The molecule has 0 spiro atoms. The number of nitrogens with zero attached hydrogens (tertiary/aromatic N) is 3. The quantitative estimate of drug-likeness (QED) is 0.494. The summed E-state index contributed by atoms with van der Waals surface area (Å²) in [4.78, 5) is 14.9. The third kappa shape index (κ3) is 4.36. The Morgan fingerprint density at radius 3 is 1.80 bits per heavy atom. The molecule has 2 N–H and O–H groups in total. The number of aromatic hydroxyl groups is 1. The molecule has 0 radical (unpaired) electrons. The van der Waals surface area contributed by atoms with Crippen LogP contribution in [0.25, 0.3) is 12.2 Å². The zero-order valence-corrected chi connectivity index (χ0v) is 21.2. The number of aliphatic imine (C=N–C) groups is 2. The number of hydrogen-bond donors (Lipinski definition) is 2. The van der Waals surface area contributed by atoms with Crippen molar-refractivity contribution in [3.05, 3.63) is 80.8 Å². The van der Waals surface area contributed by atoms with E-state index >= 15 is 0 Å². The molecule has 0 unspecified atom stereocenters. The molecule has 1 aromatic heterocycles. The fraction of sp³-hybridized carbons (Fsp3) is 0.367. The molecule has 1 aromatic rings. The average molecular weight is 467 g/mol. The topological polar surface area (TPSA) is 69.9 Å². The van der Waals surface area contributed by atoms with E-state index in [2.05, 4.69) is 45.2 Å². The third-order valence-corrected chi connectivity index (χ3v) is 7.18. The smallest absolute Gasteiger partial charge is 0.141 e. The van der Waals surface area contributed by atoms with E-state index in [1.807, 2.05) is 18.2 Å². The Bertz CT molecular complexity index is 1330. The SMILES string of the molecule is CCC1=C(CC)C2=NC1=Cc1ccc(O)c(n1)C=C1N=C(C=C3CCCC(=C2)N3)C(CC)=C1CC. The zero-order valence-electron chi connectivity index (χ0n) is 21.2. The first-order valence-electron chi connectivity index (χ1n) is 13.0. The summed E-state index contributed by atoms with van der Waals surface area (Å²) in [6.07, 6.45) is 15.2. The lowest BCUT2D eigenvalue weighted by Gasteiger charge is -2.21. The summed E-state index contributed by atoms with van der Waals surface area (Å²) in [5.41, 5.74) is 12.8. The van der Waals surface area contributed by atoms with E-state index in [1.165, 1.54) is 33.7 Å². The summed E-state index contributed by atoms with van der Waals surface area (Å²) in [5.74, 6) is 0.161. The van der Waals surface area contributed by atoms with E-state index < -0.39 is 0 Å². The minimum Gasteiger partial charge on any atom is -0.506 e. The van der Waals surface area contributed by atoms with Gasteiger partial charge >= 0.3 is 0 Å². The van der Waals surface area contributed by atoms with Gasteiger partial charge in [-0.15, -0.1) is 0 Å². The van der Waals surface area contributed by atoms with E-state index in [1.54, 1.807) is 6.07 Å². The minimum atomic E-state index is 0.161. The first-order chi connectivity index (χ1) is 17.0. The van der Waals surface area contributed by atoms with Crippen molar-refractivity contribution in [1.82, 2.24) is 10.3 Å². The van der Waals surface area contributed by atoms with Gasteiger partial charge in [-0.1, -0.05) is 27.7 Å². The van der Waals surface area contributed by atoms with Crippen molar-refractivity contribution in [2.75, 3.05) is 0 Å². The van der Waals surface area contributed by atoms with Gasteiger partial charge in [-0.05, 0) is 104 Å². The summed E-state index contributed by atoms with van der Waals surface area (Å²) in [7, 11) is 0. The summed E-state index contributed by atoms with van der Waals surface area (Å²) >= 11 is 0. The fourth-order valence-corrected chi connectivity index (χ4v) is 5.49. The maximum absolute atomic E-state index is 10.6. The molecular formula is C30H34N4O. The lowest BCUT2D eigenvalue weighted by Crippen LogP contribution is -2.20. The van der Waals surface area contributed by atoms with Gasteiger partial charge in [0.15, 0.2) is 0 Å². The van der Waals surface area contributed by atoms with Crippen LogP contribution in [0.15, 0.2) is 79.4 Å². The summed E-state index contributed by atoms with van der Waals surface area (Å²) in [6.45, 7) is 8.74. The lowest BCUT2D eigenvalue weighted by molar-refractivity contribution is 0.471. The van der Waals surface area contributed by atoms with Crippen LogP contribution in [0.1, 0.15) is 84.0 Å². The van der Waals surface area contributed by atoms with Gasteiger partial charge in [0.25, 0.3) is 0 Å². The Morgan fingerprint density at radius 1 is 0.714 bits per heavy atom. The van der Waals surface area contributed by atoms with Crippen LogP contribution >= 0.6 is 0 Å². The minimum absolute atomic E-state index is 0.161. The van der Waals surface area contributed by atoms with Crippen LogP contribution in [0.3, 0.4) is 0 Å². The maximum Gasteiger partial charge on any atom is 0.141 e. The van der Waals surface area contributed by atoms with Crippen molar-refractivity contribution in [3.63, 3.8) is 0 Å². The number of rotatable bonds is 4. The molecule has 0 aliphatic carbocycles. The van der Waals surface area contributed by atoms with E-state index in [9.17, 15) is 5.11 Å². The van der Waals surface area contributed by atoms with Crippen LogP contribution in [-0.4, -0.2) is 21.5 Å². The van der Waals surface area contributed by atoms with Gasteiger partial charge in [0.2, 0.25) is 0 Å². The molecule has 5 heterocycles. The van der Waals surface area contributed by atoms with Crippen molar-refractivity contribution >= 4 is 23.6 Å². The number of nitrogens with one attached hydrogen (secondary N) is 1. The highest BCUT2D eigenvalue weighted by molar-refractivity contribution is 6.14. The van der Waals surface area contributed by atoms with Gasteiger partial charge in [0.1, 0.15) is 11.4 Å². The predicted octanol–water partition coefficient (Wildman–Crippen LogP) is 7.17. The van der Waals surface area contributed by atoms with Crippen molar-refractivity contribution in [2.24, 2.45) is 9.98 Å². The van der Waals surface area contributed by atoms with Gasteiger partial charge in [-0.2, -0.15) is 0 Å². The number of allylic oxidation sites excluding steroid dienone is 8. The van der Waals surface area contributed by atoms with Gasteiger partial charge in [0, 0.05) is 11.4 Å². The van der Waals surface area contributed by atoms with Crippen molar-refractivity contribution in [1.29, 1.82) is 0 Å². The van der Waals surface area contributed by atoms with Gasteiger partial charge in [0.05, 0.1) is 28.5 Å². The number of hydrogen-bond acceptors (Lipinski definition) is 5. The molecule has 4 aliphatic rings. The molecule has 180 valence electrons. The molecule has 1 fully saturated rings. The Labute approximate surface area is 208 Å². The van der Waals surface area contributed by atoms with Gasteiger partial charge in [-0.3, -0.25) is 0 Å². The molecule has 0 aromatic carbocycles. The van der Waals surface area contributed by atoms with Crippen LogP contribution in [0.2, 0.25) is 0 Å². The highest BCUT2D eigenvalue weighted by Gasteiger charge is 2.24. The second-order valence-corrected chi connectivity index (χ2v) is 9.34. The molecule has 0 amide bonds. The standard InChI is InChI=1S/C30H34N4O/c1-5-21-22(6-2)27-16-20-12-13-30(35)29(32-20)17-28-24(8-4)23(7-3)26(34-28)15-19-11-9-10-18(31-19)14-25(21)33-27/h12-17,31,35H,5-11H2,1-4H3. The molecule has 0 atom stereocenters. The number of pyridine rings is 1. The van der Waals surface area contributed by atoms with Crippen LogP contribution in [0.5, 0.6) is 5.75 Å². The predicted molar refractivity (Wildman–Crippen MR) is 145 cm³/mol. The van der Waals surface area contributed by atoms with Crippen molar-refractivity contribution in [2.45, 2.75) is 72.6 Å². The first kappa shape index (κ1) is 23.3. The van der Waals surface area contributed by atoms with Crippen LogP contribution in [0.4, 0.5) is 0 Å². The largest absolute Gasteiger partial charge is 0.506 e. The number of piperidine rings is 1. The molecular weight excluding hydrogens is 432 g/mol. The lowest BCUT2D eigenvalue weighted by atomic mass is 9.96. The molecule has 4 aliphatic heterocycles. The first-order valence-corrected chi connectivity index (χ1v) is 13.0. The van der Waals surface area contributed by atoms with E-state index in [0.717, 1.165) is 73.5 Å². The highest BCUT2D eigenvalue weighted by atomic mass is 16.3. The normalized spacial score (nSPS) is 19.5. The summed E-state index contributed by atoms with van der Waals surface area (Å²) in [6, 6.07) is 3.58. The number of fused-ring (bicyclic) bond motifs is 6. The zero-order chi connectivity index (χ0) is 24.5. The van der Waals surface area contributed by atoms with Crippen molar-refractivity contribution < 1.29 is 5.11 Å². The van der Waals surface area contributed by atoms with Gasteiger partial charge < -0.3 is 10.4 Å². The molecule has 1 saturated heterocycles. The second kappa shape index (κ2) is 9.65. The second-order valence-electron chi connectivity index (χ2n) is 9.34. The number of aromatic nitrogens is 1. The Balaban J connectivity index is 1.75. The highest BCUT2D eigenvalue weighted by Crippen LogP contribution is 2.36. The molecule has 5 nitrogen and oxygen atoms in total. The average Bonchev–Trinajstić information content (AvgIpc) is 3.36. The van der Waals surface area contributed by atoms with E-state index in [-0.39, 0.29) is 5.75 Å². The van der Waals surface area contributed by atoms with E-state index in [4.69, 9.17) is 15.0 Å². The molecule has 35 heavy (non-hydrogen) atoms. The van der Waals surface area contributed by atoms with E-state index in [0.29, 0.717) is 5.69 Å². The van der Waals surface area contributed by atoms with Crippen LogP contribution < -0.4 is 5.32 Å². The van der Waals surface area contributed by atoms with Crippen molar-refractivity contribution in [3.8, 4) is 5.75 Å². The van der Waals surface area contributed by atoms with Crippen LogP contribution in [-0.2, 0) is 0 Å². The monoisotopic (exact) mass is 466 g/mol. The Hall–Kier alpha value is -3.47. The Morgan fingerprint density at radius 2 is 1.26 bits per heavy atom. The third-order valence-electron chi connectivity index (χ3n) is 7.18. The van der Waals surface area contributed by atoms with Gasteiger partial charge in [-0.25, -0.2) is 15.0 Å². The Kier molecular flexibility index (Phi) is 6.42. The molecule has 5 heteroatoms.